The van der Waals surface area contributed by atoms with E-state index < -0.39 is 0 Å². The highest BCUT2D eigenvalue weighted by Crippen LogP contribution is 2.15. The number of nitrogens with one attached hydrogen (secondary N) is 1. The summed E-state index contributed by atoms with van der Waals surface area (Å²) in [4.78, 5) is 14.5. The second kappa shape index (κ2) is 8.62. The van der Waals surface area contributed by atoms with E-state index in [1.165, 1.54) is 0 Å². The highest BCUT2D eigenvalue weighted by atomic mass is 16.2. The van der Waals surface area contributed by atoms with Gasteiger partial charge < -0.3 is 10.2 Å². The molecule has 112 valence electrons. The SMILES string of the molecule is CCNc1ccc(C(=O)N(CC)CC(CC)CC)cc1. The third-order valence-electron chi connectivity index (χ3n) is 3.81. The Morgan fingerprint density at radius 3 is 2.15 bits per heavy atom. The van der Waals surface area contributed by atoms with Gasteiger partial charge in [0.15, 0.2) is 0 Å². The standard InChI is InChI=1S/C17H28N2O/c1-5-14(6-2)13-19(8-4)17(20)15-9-11-16(12-10-15)18-7-3/h9-12,14,18H,5-8,13H2,1-4H3. The van der Waals surface area contributed by atoms with Crippen LogP contribution < -0.4 is 5.32 Å². The molecular formula is C17H28N2O. The van der Waals surface area contributed by atoms with Gasteiger partial charge in [0.1, 0.15) is 0 Å². The first-order chi connectivity index (χ1) is 9.65. The molecule has 0 unspecified atom stereocenters. The quantitative estimate of drug-likeness (QED) is 0.778. The van der Waals surface area contributed by atoms with Gasteiger partial charge >= 0.3 is 0 Å². The molecule has 20 heavy (non-hydrogen) atoms. The second-order valence-electron chi connectivity index (χ2n) is 5.13. The smallest absolute Gasteiger partial charge is 0.253 e. The molecule has 0 aliphatic carbocycles. The Bertz CT molecular complexity index is 396. The summed E-state index contributed by atoms with van der Waals surface area (Å²) in [5.74, 6) is 0.738. The van der Waals surface area contributed by atoms with Crippen LogP contribution in [0.2, 0.25) is 0 Å². The molecule has 1 rings (SSSR count). The fourth-order valence-electron chi connectivity index (χ4n) is 2.33. The predicted octanol–water partition coefficient (Wildman–Crippen LogP) is 4.02. The second-order valence-corrected chi connectivity index (χ2v) is 5.13. The molecule has 0 aliphatic heterocycles. The van der Waals surface area contributed by atoms with Crippen LogP contribution in [0.4, 0.5) is 5.69 Å². The lowest BCUT2D eigenvalue weighted by Crippen LogP contribution is -2.35. The zero-order chi connectivity index (χ0) is 15.0. The fraction of sp³-hybridized carbons (Fsp3) is 0.588. The molecule has 0 radical (unpaired) electrons. The highest BCUT2D eigenvalue weighted by molar-refractivity contribution is 5.94. The van der Waals surface area contributed by atoms with Gasteiger partial charge in [-0.1, -0.05) is 26.7 Å². The third-order valence-corrected chi connectivity index (χ3v) is 3.81. The molecule has 3 nitrogen and oxygen atoms in total. The number of hydrogen-bond donors (Lipinski definition) is 1. The van der Waals surface area contributed by atoms with Gasteiger partial charge in [-0.25, -0.2) is 0 Å². The van der Waals surface area contributed by atoms with Crippen LogP contribution in [0, 0.1) is 5.92 Å². The molecule has 0 saturated heterocycles. The van der Waals surface area contributed by atoms with Crippen molar-refractivity contribution in [1.82, 2.24) is 4.90 Å². The maximum atomic E-state index is 12.5. The Labute approximate surface area is 123 Å². The Hall–Kier alpha value is -1.51. The van der Waals surface area contributed by atoms with Crippen LogP contribution in [0.25, 0.3) is 0 Å². The number of anilines is 1. The molecule has 0 aliphatic rings. The van der Waals surface area contributed by atoms with Gasteiger partial charge in [0, 0.05) is 30.9 Å². The van der Waals surface area contributed by atoms with E-state index >= 15 is 0 Å². The van der Waals surface area contributed by atoms with Crippen molar-refractivity contribution >= 4 is 11.6 Å². The summed E-state index contributed by atoms with van der Waals surface area (Å²) in [6.45, 7) is 11.0. The highest BCUT2D eigenvalue weighted by Gasteiger charge is 2.17. The van der Waals surface area contributed by atoms with Crippen LogP contribution in [0.15, 0.2) is 24.3 Å². The van der Waals surface area contributed by atoms with Crippen molar-refractivity contribution in [1.29, 1.82) is 0 Å². The van der Waals surface area contributed by atoms with Crippen molar-refractivity contribution in [2.75, 3.05) is 25.0 Å². The first-order valence-electron chi connectivity index (χ1n) is 7.79. The molecule has 3 heteroatoms. The third kappa shape index (κ3) is 4.55. The summed E-state index contributed by atoms with van der Waals surface area (Å²) in [5.41, 5.74) is 1.84. The summed E-state index contributed by atoms with van der Waals surface area (Å²) in [6, 6.07) is 7.77. The van der Waals surface area contributed by atoms with Gasteiger partial charge in [-0.05, 0) is 44.0 Å². The van der Waals surface area contributed by atoms with Crippen molar-refractivity contribution in [3.8, 4) is 0 Å². The van der Waals surface area contributed by atoms with Crippen LogP contribution in [0.3, 0.4) is 0 Å². The molecule has 1 N–H and O–H groups in total. The van der Waals surface area contributed by atoms with Gasteiger partial charge in [0.05, 0.1) is 0 Å². The van der Waals surface area contributed by atoms with Crippen LogP contribution >= 0.6 is 0 Å². The molecule has 0 bridgehead atoms. The van der Waals surface area contributed by atoms with E-state index in [9.17, 15) is 4.79 Å². The van der Waals surface area contributed by atoms with Crippen molar-refractivity contribution in [3.05, 3.63) is 29.8 Å². The molecular weight excluding hydrogens is 248 g/mol. The summed E-state index contributed by atoms with van der Waals surface area (Å²) in [7, 11) is 0. The van der Waals surface area contributed by atoms with Crippen molar-refractivity contribution in [2.24, 2.45) is 5.92 Å². The monoisotopic (exact) mass is 276 g/mol. The van der Waals surface area contributed by atoms with Gasteiger partial charge in [-0.3, -0.25) is 4.79 Å². The minimum atomic E-state index is 0.141. The summed E-state index contributed by atoms with van der Waals surface area (Å²) in [6.07, 6.45) is 2.25. The van der Waals surface area contributed by atoms with E-state index in [1.807, 2.05) is 36.1 Å². The number of nitrogens with zero attached hydrogens (tertiary/aromatic N) is 1. The minimum Gasteiger partial charge on any atom is -0.385 e. The van der Waals surface area contributed by atoms with Crippen molar-refractivity contribution in [2.45, 2.75) is 40.5 Å². The molecule has 1 amide bonds. The Morgan fingerprint density at radius 2 is 1.70 bits per heavy atom. The molecule has 0 aromatic heterocycles. The van der Waals surface area contributed by atoms with E-state index in [4.69, 9.17) is 0 Å². The normalized spacial score (nSPS) is 10.7. The molecule has 1 aromatic carbocycles. The van der Waals surface area contributed by atoms with Gasteiger partial charge in [0.25, 0.3) is 5.91 Å². The topological polar surface area (TPSA) is 32.3 Å². The lowest BCUT2D eigenvalue weighted by atomic mass is 10.0. The number of amides is 1. The first kappa shape index (κ1) is 16.5. The average Bonchev–Trinajstić information content (AvgIpc) is 2.49. The lowest BCUT2D eigenvalue weighted by molar-refractivity contribution is 0.0735. The van der Waals surface area contributed by atoms with Crippen LogP contribution in [-0.2, 0) is 0 Å². The van der Waals surface area contributed by atoms with E-state index in [-0.39, 0.29) is 5.91 Å². The number of rotatable bonds is 8. The number of carbonyl (C=O) groups excluding carboxylic acids is 1. The molecule has 0 atom stereocenters. The number of carbonyl (C=O) groups is 1. The van der Waals surface area contributed by atoms with Gasteiger partial charge in [-0.15, -0.1) is 0 Å². The molecule has 0 spiro atoms. The molecule has 1 aromatic rings. The van der Waals surface area contributed by atoms with Crippen LogP contribution in [0.5, 0.6) is 0 Å². The number of hydrogen-bond acceptors (Lipinski definition) is 2. The van der Waals surface area contributed by atoms with Gasteiger partial charge in [-0.2, -0.15) is 0 Å². The number of benzene rings is 1. The molecule has 0 heterocycles. The fourth-order valence-corrected chi connectivity index (χ4v) is 2.33. The van der Waals surface area contributed by atoms with Crippen LogP contribution in [-0.4, -0.2) is 30.4 Å². The maximum absolute atomic E-state index is 12.5. The largest absolute Gasteiger partial charge is 0.385 e. The van der Waals surface area contributed by atoms with E-state index in [0.717, 1.165) is 43.7 Å². The Morgan fingerprint density at radius 1 is 1.10 bits per heavy atom. The first-order valence-corrected chi connectivity index (χ1v) is 7.79. The van der Waals surface area contributed by atoms with Crippen molar-refractivity contribution in [3.63, 3.8) is 0 Å². The van der Waals surface area contributed by atoms with Crippen molar-refractivity contribution < 1.29 is 4.79 Å². The van der Waals surface area contributed by atoms with Gasteiger partial charge in [0.2, 0.25) is 0 Å². The van der Waals surface area contributed by atoms with E-state index in [2.05, 4.69) is 26.1 Å². The average molecular weight is 276 g/mol. The molecule has 0 saturated carbocycles. The molecule has 0 fully saturated rings. The minimum absolute atomic E-state index is 0.141. The van der Waals surface area contributed by atoms with E-state index in [1.54, 1.807) is 0 Å². The predicted molar refractivity (Wildman–Crippen MR) is 86.3 cm³/mol. The van der Waals surface area contributed by atoms with Crippen LogP contribution in [0.1, 0.15) is 50.9 Å². The Kier molecular flexibility index (Phi) is 7.13. The lowest BCUT2D eigenvalue weighted by Gasteiger charge is -2.25. The summed E-state index contributed by atoms with van der Waals surface area (Å²) in [5, 5.41) is 3.24. The zero-order valence-corrected chi connectivity index (χ0v) is 13.3. The summed E-state index contributed by atoms with van der Waals surface area (Å²) >= 11 is 0. The zero-order valence-electron chi connectivity index (χ0n) is 13.3. The van der Waals surface area contributed by atoms with E-state index in [0.29, 0.717) is 5.92 Å². The Balaban J connectivity index is 2.74. The summed E-state index contributed by atoms with van der Waals surface area (Å²) < 4.78 is 0. The maximum Gasteiger partial charge on any atom is 0.253 e.